The van der Waals surface area contributed by atoms with Crippen molar-refractivity contribution in [3.05, 3.63) is 0 Å². The molecule has 2 atom stereocenters. The van der Waals surface area contributed by atoms with Crippen LogP contribution < -0.4 is 0 Å². The van der Waals surface area contributed by atoms with E-state index in [-0.39, 0.29) is 31.0 Å². The molecule has 2 unspecified atom stereocenters. The van der Waals surface area contributed by atoms with Gasteiger partial charge in [-0.15, -0.1) is 0 Å². The van der Waals surface area contributed by atoms with Gasteiger partial charge in [0.05, 0.1) is 18.6 Å². The molecule has 0 aliphatic heterocycles. The van der Waals surface area contributed by atoms with Crippen molar-refractivity contribution in [2.75, 3.05) is 13.2 Å². The third-order valence-electron chi connectivity index (χ3n) is 3.63. The summed E-state index contributed by atoms with van der Waals surface area (Å²) in [5.74, 6) is -1.69. The van der Waals surface area contributed by atoms with Crippen molar-refractivity contribution in [3.8, 4) is 0 Å². The van der Waals surface area contributed by atoms with E-state index < -0.39 is 11.9 Å². The number of aliphatic carboxylic acids is 1. The third-order valence-corrected chi connectivity index (χ3v) is 3.63. The second-order valence-electron chi connectivity index (χ2n) is 4.99. The highest BCUT2D eigenvalue weighted by atomic mass is 16.4. The van der Waals surface area contributed by atoms with Gasteiger partial charge in [-0.05, 0) is 19.3 Å². The molecule has 19 heavy (non-hydrogen) atoms. The molecule has 0 spiro atoms. The van der Waals surface area contributed by atoms with E-state index in [1.54, 1.807) is 11.8 Å². The van der Waals surface area contributed by atoms with Crippen LogP contribution in [0.25, 0.3) is 0 Å². The normalized spacial score (nSPS) is 14.2. The molecule has 5 heteroatoms. The predicted octanol–water partition coefficient (Wildman–Crippen LogP) is 1.74. The van der Waals surface area contributed by atoms with E-state index in [1.807, 2.05) is 20.8 Å². The van der Waals surface area contributed by atoms with Crippen LogP contribution in [0.2, 0.25) is 0 Å². The van der Waals surface area contributed by atoms with Crippen LogP contribution in [0, 0.1) is 11.8 Å². The van der Waals surface area contributed by atoms with E-state index in [1.165, 1.54) is 0 Å². The Kier molecular flexibility index (Phi) is 8.39. The van der Waals surface area contributed by atoms with E-state index in [0.717, 1.165) is 12.8 Å². The minimum Gasteiger partial charge on any atom is -0.481 e. The van der Waals surface area contributed by atoms with Crippen molar-refractivity contribution in [1.29, 1.82) is 0 Å². The van der Waals surface area contributed by atoms with Gasteiger partial charge < -0.3 is 15.1 Å². The summed E-state index contributed by atoms with van der Waals surface area (Å²) in [4.78, 5) is 25.0. The molecule has 0 aliphatic rings. The molecule has 0 aromatic heterocycles. The molecular weight excluding hydrogens is 246 g/mol. The molecule has 0 radical (unpaired) electrons. The summed E-state index contributed by atoms with van der Waals surface area (Å²) >= 11 is 0. The quantitative estimate of drug-likeness (QED) is 0.671. The smallest absolute Gasteiger partial charge is 0.308 e. The summed E-state index contributed by atoms with van der Waals surface area (Å²) in [5.41, 5.74) is 0. The molecule has 0 heterocycles. The minimum atomic E-state index is -0.921. The first kappa shape index (κ1) is 17.9. The molecule has 0 saturated carbocycles. The average molecular weight is 273 g/mol. The van der Waals surface area contributed by atoms with Gasteiger partial charge in [0.25, 0.3) is 0 Å². The van der Waals surface area contributed by atoms with Crippen LogP contribution in [-0.2, 0) is 9.59 Å². The standard InChI is InChI=1S/C14H27NO4/c1-5-11(6-2)13(17)15(12(7-3)9-16)8-10(4)14(18)19/h10-12,16H,5-9H2,1-4H3,(H,18,19). The van der Waals surface area contributed by atoms with Crippen LogP contribution >= 0.6 is 0 Å². The summed E-state index contributed by atoms with van der Waals surface area (Å²) in [6.07, 6.45) is 2.08. The second-order valence-corrected chi connectivity index (χ2v) is 4.99. The predicted molar refractivity (Wildman–Crippen MR) is 73.7 cm³/mol. The lowest BCUT2D eigenvalue weighted by molar-refractivity contribution is -0.146. The highest BCUT2D eigenvalue weighted by Gasteiger charge is 2.29. The number of carbonyl (C=O) groups is 2. The molecule has 2 N–H and O–H groups in total. The van der Waals surface area contributed by atoms with Crippen molar-refractivity contribution in [2.45, 2.75) is 53.0 Å². The van der Waals surface area contributed by atoms with E-state index in [2.05, 4.69) is 0 Å². The van der Waals surface area contributed by atoms with E-state index in [0.29, 0.717) is 6.42 Å². The molecular formula is C14H27NO4. The maximum absolute atomic E-state index is 12.4. The lowest BCUT2D eigenvalue weighted by Gasteiger charge is -2.33. The van der Waals surface area contributed by atoms with Gasteiger partial charge in [0, 0.05) is 12.5 Å². The molecule has 0 aromatic rings. The zero-order valence-electron chi connectivity index (χ0n) is 12.4. The zero-order chi connectivity index (χ0) is 15.0. The molecule has 5 nitrogen and oxygen atoms in total. The second kappa shape index (κ2) is 8.91. The van der Waals surface area contributed by atoms with E-state index in [4.69, 9.17) is 5.11 Å². The largest absolute Gasteiger partial charge is 0.481 e. The molecule has 0 fully saturated rings. The number of amides is 1. The Bertz CT molecular complexity index is 285. The molecule has 0 bridgehead atoms. The Morgan fingerprint density at radius 3 is 1.95 bits per heavy atom. The number of aliphatic hydroxyl groups excluding tert-OH is 1. The molecule has 1 amide bonds. The van der Waals surface area contributed by atoms with Crippen molar-refractivity contribution >= 4 is 11.9 Å². The molecule has 112 valence electrons. The number of nitrogens with zero attached hydrogens (tertiary/aromatic N) is 1. The number of aliphatic hydroxyl groups is 1. The van der Waals surface area contributed by atoms with Crippen LogP contribution in [-0.4, -0.2) is 46.2 Å². The van der Waals surface area contributed by atoms with Gasteiger partial charge >= 0.3 is 5.97 Å². The Hall–Kier alpha value is -1.10. The summed E-state index contributed by atoms with van der Waals surface area (Å²) in [6, 6.07) is -0.296. The first-order chi connectivity index (χ1) is 8.92. The number of hydrogen-bond donors (Lipinski definition) is 2. The van der Waals surface area contributed by atoms with Gasteiger partial charge in [-0.2, -0.15) is 0 Å². The number of hydrogen-bond acceptors (Lipinski definition) is 3. The van der Waals surface area contributed by atoms with Crippen molar-refractivity contribution < 1.29 is 19.8 Å². The topological polar surface area (TPSA) is 77.8 Å². The fourth-order valence-corrected chi connectivity index (χ4v) is 2.11. The van der Waals surface area contributed by atoms with Gasteiger partial charge in [0.2, 0.25) is 5.91 Å². The summed E-state index contributed by atoms with van der Waals surface area (Å²) < 4.78 is 0. The average Bonchev–Trinajstić information content (AvgIpc) is 2.39. The molecule has 0 saturated heterocycles. The maximum atomic E-state index is 12.4. The fraction of sp³-hybridized carbons (Fsp3) is 0.857. The Labute approximate surface area is 115 Å². The van der Waals surface area contributed by atoms with Gasteiger partial charge in [0.1, 0.15) is 0 Å². The van der Waals surface area contributed by atoms with Gasteiger partial charge in [-0.3, -0.25) is 9.59 Å². The van der Waals surface area contributed by atoms with Crippen LogP contribution in [0.15, 0.2) is 0 Å². The Morgan fingerprint density at radius 2 is 1.63 bits per heavy atom. The number of rotatable bonds is 9. The first-order valence-electron chi connectivity index (χ1n) is 7.06. The minimum absolute atomic E-state index is 0.0426. The monoisotopic (exact) mass is 273 g/mol. The van der Waals surface area contributed by atoms with Crippen molar-refractivity contribution in [1.82, 2.24) is 4.90 Å². The SMILES string of the molecule is CCC(CC)C(=O)N(CC(C)C(=O)O)C(CC)CO. The highest BCUT2D eigenvalue weighted by Crippen LogP contribution is 2.17. The van der Waals surface area contributed by atoms with Crippen molar-refractivity contribution in [2.24, 2.45) is 11.8 Å². The highest BCUT2D eigenvalue weighted by molar-refractivity contribution is 5.80. The van der Waals surface area contributed by atoms with Crippen LogP contribution in [0.4, 0.5) is 0 Å². The molecule has 0 rings (SSSR count). The summed E-state index contributed by atoms with van der Waals surface area (Å²) in [5, 5.41) is 18.4. The van der Waals surface area contributed by atoms with Gasteiger partial charge in [-0.1, -0.05) is 27.7 Å². The Balaban J connectivity index is 5.04. The van der Waals surface area contributed by atoms with Crippen LogP contribution in [0.1, 0.15) is 47.0 Å². The maximum Gasteiger partial charge on any atom is 0.308 e. The number of carbonyl (C=O) groups excluding carboxylic acids is 1. The van der Waals surface area contributed by atoms with Crippen LogP contribution in [0.5, 0.6) is 0 Å². The lowest BCUT2D eigenvalue weighted by atomic mass is 9.99. The summed E-state index contributed by atoms with van der Waals surface area (Å²) in [6.45, 7) is 7.40. The van der Waals surface area contributed by atoms with Crippen LogP contribution in [0.3, 0.4) is 0 Å². The van der Waals surface area contributed by atoms with Crippen molar-refractivity contribution in [3.63, 3.8) is 0 Å². The lowest BCUT2D eigenvalue weighted by Crippen LogP contribution is -2.48. The molecule has 0 aromatic carbocycles. The zero-order valence-corrected chi connectivity index (χ0v) is 12.4. The van der Waals surface area contributed by atoms with E-state index in [9.17, 15) is 14.7 Å². The van der Waals surface area contributed by atoms with Gasteiger partial charge in [-0.25, -0.2) is 0 Å². The first-order valence-corrected chi connectivity index (χ1v) is 7.06. The number of carboxylic acids is 1. The fourth-order valence-electron chi connectivity index (χ4n) is 2.11. The van der Waals surface area contributed by atoms with E-state index >= 15 is 0 Å². The molecule has 0 aliphatic carbocycles. The third kappa shape index (κ3) is 5.19. The Morgan fingerprint density at radius 1 is 1.11 bits per heavy atom. The summed E-state index contributed by atoms with van der Waals surface area (Å²) in [7, 11) is 0. The number of carboxylic acid groups (broad SMARTS) is 1. The van der Waals surface area contributed by atoms with Gasteiger partial charge in [0.15, 0.2) is 0 Å².